The van der Waals surface area contributed by atoms with Crippen LogP contribution in [0.1, 0.15) is 22.3 Å². The van der Waals surface area contributed by atoms with Gasteiger partial charge in [0.05, 0.1) is 11.3 Å². The van der Waals surface area contributed by atoms with E-state index in [4.69, 9.17) is 22.3 Å². The van der Waals surface area contributed by atoms with Crippen molar-refractivity contribution in [1.29, 1.82) is 0 Å². The molecule has 0 spiro atoms. The third-order valence-corrected chi connectivity index (χ3v) is 7.01. The zero-order valence-corrected chi connectivity index (χ0v) is 19.1. The lowest BCUT2D eigenvalue weighted by atomic mass is 10.1. The summed E-state index contributed by atoms with van der Waals surface area (Å²) in [5.41, 5.74) is 3.29. The van der Waals surface area contributed by atoms with Crippen LogP contribution in [0.15, 0.2) is 65.6 Å². The minimum Gasteiger partial charge on any atom is -0.326 e. The Bertz CT molecular complexity index is 1280. The van der Waals surface area contributed by atoms with Gasteiger partial charge in [0.15, 0.2) is 0 Å². The highest BCUT2D eigenvalue weighted by molar-refractivity contribution is 8.13. The van der Waals surface area contributed by atoms with Gasteiger partial charge in [0.1, 0.15) is 5.82 Å². The molecule has 0 aliphatic carbocycles. The maximum absolute atomic E-state index is 13.2. The second kappa shape index (κ2) is 9.19. The number of nitrogens with zero attached hydrogens (tertiary/aromatic N) is 1. The summed E-state index contributed by atoms with van der Waals surface area (Å²) in [6, 6.07) is 16.3. The van der Waals surface area contributed by atoms with Crippen molar-refractivity contribution in [2.45, 2.75) is 31.0 Å². The van der Waals surface area contributed by atoms with Crippen LogP contribution in [0, 0.1) is 5.82 Å². The summed E-state index contributed by atoms with van der Waals surface area (Å²) >= 11 is 6.12. The number of fused-ring (bicyclic) bond motifs is 1. The molecule has 0 saturated carbocycles. The lowest BCUT2D eigenvalue weighted by Crippen LogP contribution is -2.15. The molecule has 4 rings (SSSR count). The highest BCUT2D eigenvalue weighted by Crippen LogP contribution is 2.34. The molecule has 166 valence electrons. The molecule has 0 unspecified atom stereocenters. The second-order valence-electron chi connectivity index (χ2n) is 7.64. The fraction of sp³-hybridized carbons (Fsp3) is 0.174. The van der Waals surface area contributed by atoms with Crippen molar-refractivity contribution in [3.05, 3.63) is 93.8 Å². The molecule has 32 heavy (non-hydrogen) atoms. The van der Waals surface area contributed by atoms with E-state index in [9.17, 15) is 17.6 Å². The van der Waals surface area contributed by atoms with Crippen molar-refractivity contribution in [1.82, 2.24) is 4.90 Å². The smallest absolute Gasteiger partial charge is 0.261 e. The predicted octanol–water partition coefficient (Wildman–Crippen LogP) is 5.10. The SMILES string of the molecule is O=C(Cc1ccccc1Cl)Nc1cc2c(c(S(=O)(=O)Cl)c1)CN(Cc1ccc(F)cc1)C2. The van der Waals surface area contributed by atoms with Gasteiger partial charge in [-0.05, 0) is 52.6 Å². The molecular formula is C23H19Cl2FN2O3S. The van der Waals surface area contributed by atoms with Crippen LogP contribution in [0.4, 0.5) is 10.1 Å². The Balaban J connectivity index is 1.56. The Labute approximate surface area is 195 Å². The quantitative estimate of drug-likeness (QED) is 0.485. The normalized spacial score (nSPS) is 13.7. The first-order valence-electron chi connectivity index (χ1n) is 9.79. The van der Waals surface area contributed by atoms with Crippen molar-refractivity contribution in [3.8, 4) is 0 Å². The number of carbonyl (C=O) groups is 1. The standard InChI is InChI=1S/C23H19Cl2FN2O3S/c24-21-4-2-1-3-16(21)10-23(29)27-19-9-17-13-28(12-15-5-7-18(26)8-6-15)14-20(17)22(11-19)32(25,30)31/h1-9,11H,10,12-14H2,(H,27,29). The molecule has 1 N–H and O–H groups in total. The molecule has 0 fully saturated rings. The zero-order chi connectivity index (χ0) is 22.9. The zero-order valence-electron chi connectivity index (χ0n) is 16.8. The molecule has 1 aliphatic rings. The Morgan fingerprint density at radius 1 is 1.06 bits per heavy atom. The van der Waals surface area contributed by atoms with Gasteiger partial charge in [0.25, 0.3) is 9.05 Å². The van der Waals surface area contributed by atoms with Gasteiger partial charge in [0, 0.05) is 41.0 Å². The number of nitrogens with one attached hydrogen (secondary N) is 1. The molecule has 3 aromatic carbocycles. The van der Waals surface area contributed by atoms with Gasteiger partial charge in [-0.3, -0.25) is 9.69 Å². The van der Waals surface area contributed by atoms with Crippen LogP contribution in [0.25, 0.3) is 0 Å². The van der Waals surface area contributed by atoms with Gasteiger partial charge in [-0.2, -0.15) is 0 Å². The monoisotopic (exact) mass is 492 g/mol. The molecule has 1 heterocycles. The molecular weight excluding hydrogens is 474 g/mol. The van der Waals surface area contributed by atoms with Crippen molar-refractivity contribution in [3.63, 3.8) is 0 Å². The van der Waals surface area contributed by atoms with E-state index in [0.717, 1.165) is 11.1 Å². The Morgan fingerprint density at radius 2 is 1.78 bits per heavy atom. The molecule has 0 bridgehead atoms. The van der Waals surface area contributed by atoms with E-state index in [2.05, 4.69) is 5.32 Å². The Hall–Kier alpha value is -2.45. The summed E-state index contributed by atoms with van der Waals surface area (Å²) in [5.74, 6) is -0.636. The molecule has 9 heteroatoms. The number of hydrogen-bond donors (Lipinski definition) is 1. The molecule has 0 saturated heterocycles. The van der Waals surface area contributed by atoms with Crippen molar-refractivity contribution >= 4 is 42.9 Å². The van der Waals surface area contributed by atoms with Gasteiger partial charge in [-0.25, -0.2) is 12.8 Å². The van der Waals surface area contributed by atoms with Crippen molar-refractivity contribution < 1.29 is 17.6 Å². The maximum atomic E-state index is 13.2. The highest BCUT2D eigenvalue weighted by Gasteiger charge is 2.28. The van der Waals surface area contributed by atoms with Crippen LogP contribution in [0.3, 0.4) is 0 Å². The van der Waals surface area contributed by atoms with E-state index in [1.807, 2.05) is 4.90 Å². The first kappa shape index (κ1) is 22.7. The van der Waals surface area contributed by atoms with Crippen molar-refractivity contribution in [2.24, 2.45) is 0 Å². The summed E-state index contributed by atoms with van der Waals surface area (Å²) < 4.78 is 37.7. The minimum atomic E-state index is -4.03. The predicted molar refractivity (Wildman–Crippen MR) is 123 cm³/mol. The number of hydrogen-bond acceptors (Lipinski definition) is 4. The van der Waals surface area contributed by atoms with Gasteiger partial charge in [-0.1, -0.05) is 41.9 Å². The number of benzene rings is 3. The molecule has 5 nitrogen and oxygen atoms in total. The second-order valence-corrected chi connectivity index (χ2v) is 10.6. The topological polar surface area (TPSA) is 66.5 Å². The molecule has 0 aromatic heterocycles. The molecule has 0 atom stereocenters. The van der Waals surface area contributed by atoms with Gasteiger partial charge in [-0.15, -0.1) is 0 Å². The summed E-state index contributed by atoms with van der Waals surface area (Å²) in [4.78, 5) is 14.5. The third-order valence-electron chi connectivity index (χ3n) is 5.25. The number of rotatable bonds is 6. The van der Waals surface area contributed by atoms with Gasteiger partial charge >= 0.3 is 0 Å². The molecule has 1 aliphatic heterocycles. The van der Waals surface area contributed by atoms with Gasteiger partial charge in [0.2, 0.25) is 5.91 Å². The van der Waals surface area contributed by atoms with E-state index in [1.165, 1.54) is 18.2 Å². The average Bonchev–Trinajstić information content (AvgIpc) is 3.12. The fourth-order valence-corrected chi connectivity index (χ4v) is 5.19. The fourth-order valence-electron chi connectivity index (χ4n) is 3.81. The largest absolute Gasteiger partial charge is 0.326 e. The van der Waals surface area contributed by atoms with E-state index >= 15 is 0 Å². The highest BCUT2D eigenvalue weighted by atomic mass is 35.7. The van der Waals surface area contributed by atoms with Crippen LogP contribution in [-0.4, -0.2) is 19.2 Å². The molecule has 0 radical (unpaired) electrons. The van der Waals surface area contributed by atoms with Crippen LogP contribution >= 0.6 is 22.3 Å². The number of halogens is 3. The Morgan fingerprint density at radius 3 is 2.47 bits per heavy atom. The molecule has 3 aromatic rings. The van der Waals surface area contributed by atoms with E-state index in [-0.39, 0.29) is 23.0 Å². The van der Waals surface area contributed by atoms with Crippen LogP contribution < -0.4 is 5.32 Å². The first-order valence-corrected chi connectivity index (χ1v) is 12.5. The number of anilines is 1. The minimum absolute atomic E-state index is 0.0219. The maximum Gasteiger partial charge on any atom is 0.261 e. The van der Waals surface area contributed by atoms with E-state index in [0.29, 0.717) is 41.5 Å². The number of carbonyl (C=O) groups excluding carboxylic acids is 1. The van der Waals surface area contributed by atoms with E-state index in [1.54, 1.807) is 42.5 Å². The summed E-state index contributed by atoms with van der Waals surface area (Å²) in [6.45, 7) is 1.37. The van der Waals surface area contributed by atoms with Gasteiger partial charge < -0.3 is 5.32 Å². The summed E-state index contributed by atoms with van der Waals surface area (Å²) in [5, 5.41) is 3.23. The molecule has 1 amide bonds. The summed E-state index contributed by atoms with van der Waals surface area (Å²) in [6.07, 6.45) is 0.0520. The third kappa shape index (κ3) is 5.30. The Kier molecular flexibility index (Phi) is 6.53. The lowest BCUT2D eigenvalue weighted by molar-refractivity contribution is -0.115. The van der Waals surface area contributed by atoms with E-state index < -0.39 is 9.05 Å². The summed E-state index contributed by atoms with van der Waals surface area (Å²) in [7, 11) is 1.68. The van der Waals surface area contributed by atoms with Crippen LogP contribution in [-0.2, 0) is 39.9 Å². The van der Waals surface area contributed by atoms with Crippen LogP contribution in [0.2, 0.25) is 5.02 Å². The number of amides is 1. The lowest BCUT2D eigenvalue weighted by Gasteiger charge is -2.14. The average molecular weight is 493 g/mol. The first-order chi connectivity index (χ1) is 15.2. The van der Waals surface area contributed by atoms with Crippen molar-refractivity contribution in [2.75, 3.05) is 5.32 Å². The van der Waals surface area contributed by atoms with Crippen LogP contribution in [0.5, 0.6) is 0 Å².